The molecule has 0 spiro atoms. The number of para-hydroxylation sites is 1. The van der Waals surface area contributed by atoms with E-state index in [4.69, 9.17) is 0 Å². The van der Waals surface area contributed by atoms with Crippen molar-refractivity contribution >= 4 is 22.5 Å². The zero-order valence-corrected chi connectivity index (χ0v) is 14.5. The molecule has 3 aromatic rings. The Morgan fingerprint density at radius 2 is 2.07 bits per heavy atom. The van der Waals surface area contributed by atoms with Crippen molar-refractivity contribution in [2.24, 2.45) is 0 Å². The molecular formula is C17H18F3N5O2. The second-order valence-corrected chi connectivity index (χ2v) is 6.25. The predicted octanol–water partition coefficient (Wildman–Crippen LogP) is 1.79. The molecule has 0 saturated carbocycles. The molecule has 0 radical (unpaired) electrons. The van der Waals surface area contributed by atoms with E-state index in [2.05, 4.69) is 15.4 Å². The predicted molar refractivity (Wildman–Crippen MR) is 93.8 cm³/mol. The molecule has 1 aromatic carbocycles. The highest BCUT2D eigenvalue weighted by Gasteiger charge is 2.28. The standard InChI is InChI=1S/C17H18F3N5O2/c1-24(10-17(18,19)20)8-4-7-21-15(26)12-9-22-25-13-6-3-2-5-11(13)16(27)23-14(12)25/h2-3,5-6,9H,4,7-8,10H2,1H3,(H,21,26)(H,23,27). The third kappa shape index (κ3) is 4.27. The van der Waals surface area contributed by atoms with Crippen LogP contribution in [0.15, 0.2) is 35.3 Å². The van der Waals surface area contributed by atoms with Gasteiger partial charge < -0.3 is 10.3 Å². The summed E-state index contributed by atoms with van der Waals surface area (Å²) < 4.78 is 38.3. The molecule has 0 aliphatic carbocycles. The lowest BCUT2D eigenvalue weighted by Crippen LogP contribution is -2.33. The van der Waals surface area contributed by atoms with Crippen molar-refractivity contribution in [3.63, 3.8) is 0 Å². The number of aromatic nitrogens is 3. The van der Waals surface area contributed by atoms with Gasteiger partial charge in [-0.2, -0.15) is 18.3 Å². The average molecular weight is 381 g/mol. The summed E-state index contributed by atoms with van der Waals surface area (Å²) in [5.41, 5.74) is 0.706. The molecule has 0 aliphatic heterocycles. The van der Waals surface area contributed by atoms with Crippen LogP contribution in [0.4, 0.5) is 13.2 Å². The number of fused-ring (bicyclic) bond motifs is 3. The summed E-state index contributed by atoms with van der Waals surface area (Å²) in [7, 11) is 1.37. The first-order valence-corrected chi connectivity index (χ1v) is 8.28. The molecule has 27 heavy (non-hydrogen) atoms. The lowest BCUT2D eigenvalue weighted by atomic mass is 10.2. The van der Waals surface area contributed by atoms with Crippen LogP contribution in [0.25, 0.3) is 16.6 Å². The summed E-state index contributed by atoms with van der Waals surface area (Å²) in [5, 5.41) is 7.25. The van der Waals surface area contributed by atoms with E-state index in [1.807, 2.05) is 0 Å². The monoisotopic (exact) mass is 381 g/mol. The molecule has 0 saturated heterocycles. The Bertz CT molecular complexity index is 1020. The summed E-state index contributed by atoms with van der Waals surface area (Å²) >= 11 is 0. The third-order valence-electron chi connectivity index (χ3n) is 4.07. The minimum Gasteiger partial charge on any atom is -0.352 e. The Morgan fingerprint density at radius 1 is 1.33 bits per heavy atom. The molecule has 0 unspecified atom stereocenters. The largest absolute Gasteiger partial charge is 0.401 e. The molecule has 0 fully saturated rings. The van der Waals surface area contributed by atoms with Crippen LogP contribution in [-0.2, 0) is 0 Å². The molecule has 2 aromatic heterocycles. The van der Waals surface area contributed by atoms with Crippen molar-refractivity contribution in [3.05, 3.63) is 46.4 Å². The molecule has 7 nitrogen and oxygen atoms in total. The van der Waals surface area contributed by atoms with Crippen molar-refractivity contribution in [2.45, 2.75) is 12.6 Å². The summed E-state index contributed by atoms with van der Waals surface area (Å²) in [6, 6.07) is 6.88. The maximum atomic E-state index is 12.4. The molecule has 1 amide bonds. The Labute approximate surface area is 151 Å². The highest BCUT2D eigenvalue weighted by Crippen LogP contribution is 2.16. The molecule has 2 heterocycles. The number of aromatic amines is 1. The maximum absolute atomic E-state index is 12.4. The number of halogens is 3. The van der Waals surface area contributed by atoms with E-state index in [0.717, 1.165) is 4.90 Å². The Kier molecular flexibility index (Phi) is 5.17. The fourth-order valence-electron chi connectivity index (χ4n) is 2.87. The van der Waals surface area contributed by atoms with E-state index >= 15 is 0 Å². The summed E-state index contributed by atoms with van der Waals surface area (Å²) in [5.74, 6) is -0.450. The Morgan fingerprint density at radius 3 is 2.81 bits per heavy atom. The Hall–Kier alpha value is -2.88. The fourth-order valence-corrected chi connectivity index (χ4v) is 2.87. The van der Waals surface area contributed by atoms with Crippen LogP contribution in [0, 0.1) is 0 Å². The number of carbonyl (C=O) groups is 1. The normalized spacial score (nSPS) is 12.2. The molecule has 3 rings (SSSR count). The van der Waals surface area contributed by atoms with Crippen molar-refractivity contribution < 1.29 is 18.0 Å². The van der Waals surface area contributed by atoms with E-state index in [1.165, 1.54) is 17.8 Å². The molecule has 144 valence electrons. The SMILES string of the molecule is CN(CCCNC(=O)c1cnn2c1[nH]c(=O)c1ccccc12)CC(F)(F)F. The highest BCUT2D eigenvalue weighted by molar-refractivity contribution is 6.00. The average Bonchev–Trinajstić information content (AvgIpc) is 3.01. The van der Waals surface area contributed by atoms with Gasteiger partial charge in [-0.15, -0.1) is 0 Å². The van der Waals surface area contributed by atoms with Crippen LogP contribution in [-0.4, -0.2) is 58.3 Å². The van der Waals surface area contributed by atoms with Crippen molar-refractivity contribution in [2.75, 3.05) is 26.7 Å². The van der Waals surface area contributed by atoms with Gasteiger partial charge in [0.2, 0.25) is 0 Å². The number of amides is 1. The van der Waals surface area contributed by atoms with Crippen LogP contribution in [0.2, 0.25) is 0 Å². The first-order chi connectivity index (χ1) is 12.8. The topological polar surface area (TPSA) is 82.5 Å². The Balaban J connectivity index is 1.67. The van der Waals surface area contributed by atoms with Crippen LogP contribution < -0.4 is 10.9 Å². The number of rotatable bonds is 6. The molecular weight excluding hydrogens is 363 g/mol. The smallest absolute Gasteiger partial charge is 0.352 e. The zero-order valence-electron chi connectivity index (χ0n) is 14.5. The van der Waals surface area contributed by atoms with Gasteiger partial charge in [-0.1, -0.05) is 12.1 Å². The zero-order chi connectivity index (χ0) is 19.6. The van der Waals surface area contributed by atoms with Crippen LogP contribution in [0.5, 0.6) is 0 Å². The number of nitrogens with zero attached hydrogens (tertiary/aromatic N) is 3. The van der Waals surface area contributed by atoms with E-state index < -0.39 is 18.6 Å². The van der Waals surface area contributed by atoms with Crippen LogP contribution in [0.3, 0.4) is 0 Å². The second kappa shape index (κ2) is 7.39. The number of H-pyrrole nitrogens is 1. The van der Waals surface area contributed by atoms with Crippen molar-refractivity contribution in [3.8, 4) is 0 Å². The van der Waals surface area contributed by atoms with Gasteiger partial charge in [-0.25, -0.2) is 4.52 Å². The summed E-state index contributed by atoms with van der Waals surface area (Å²) in [4.78, 5) is 28.3. The van der Waals surface area contributed by atoms with E-state index in [-0.39, 0.29) is 29.9 Å². The van der Waals surface area contributed by atoms with Gasteiger partial charge >= 0.3 is 6.18 Å². The van der Waals surface area contributed by atoms with Gasteiger partial charge in [0.05, 0.1) is 23.6 Å². The van der Waals surface area contributed by atoms with Gasteiger partial charge in [0.25, 0.3) is 11.5 Å². The number of hydrogen-bond acceptors (Lipinski definition) is 4. The minimum absolute atomic E-state index is 0.190. The number of carbonyl (C=O) groups excluding carboxylic acids is 1. The summed E-state index contributed by atoms with van der Waals surface area (Å²) in [6.07, 6.45) is -2.54. The number of alkyl halides is 3. The third-order valence-corrected chi connectivity index (χ3v) is 4.07. The van der Waals surface area contributed by atoms with E-state index in [1.54, 1.807) is 24.3 Å². The first kappa shape index (κ1) is 18.9. The maximum Gasteiger partial charge on any atom is 0.401 e. The lowest BCUT2D eigenvalue weighted by Gasteiger charge is -2.18. The second-order valence-electron chi connectivity index (χ2n) is 6.25. The quantitative estimate of drug-likeness (QED) is 0.638. The van der Waals surface area contributed by atoms with Gasteiger partial charge in [0.15, 0.2) is 0 Å². The van der Waals surface area contributed by atoms with Gasteiger partial charge in [0, 0.05) is 6.54 Å². The highest BCUT2D eigenvalue weighted by atomic mass is 19.4. The van der Waals surface area contributed by atoms with Gasteiger partial charge in [0.1, 0.15) is 11.2 Å². The van der Waals surface area contributed by atoms with Gasteiger partial charge in [-0.3, -0.25) is 14.5 Å². The first-order valence-electron chi connectivity index (χ1n) is 8.28. The van der Waals surface area contributed by atoms with Gasteiger partial charge in [-0.05, 0) is 32.1 Å². The molecule has 2 N–H and O–H groups in total. The summed E-state index contributed by atoms with van der Waals surface area (Å²) in [6.45, 7) is -0.602. The van der Waals surface area contributed by atoms with E-state index in [9.17, 15) is 22.8 Å². The molecule has 10 heteroatoms. The molecule has 0 bridgehead atoms. The van der Waals surface area contributed by atoms with Crippen LogP contribution >= 0.6 is 0 Å². The lowest BCUT2D eigenvalue weighted by molar-refractivity contribution is -0.143. The van der Waals surface area contributed by atoms with E-state index in [0.29, 0.717) is 17.3 Å². The minimum atomic E-state index is -4.25. The number of nitrogens with one attached hydrogen (secondary N) is 2. The van der Waals surface area contributed by atoms with Crippen molar-refractivity contribution in [1.29, 1.82) is 0 Å². The fraction of sp³-hybridized carbons (Fsp3) is 0.353. The number of hydrogen-bond donors (Lipinski definition) is 2. The van der Waals surface area contributed by atoms with Crippen molar-refractivity contribution in [1.82, 2.24) is 24.8 Å². The number of benzene rings is 1. The molecule has 0 atom stereocenters. The molecule has 0 aliphatic rings. The van der Waals surface area contributed by atoms with Crippen LogP contribution in [0.1, 0.15) is 16.8 Å².